The van der Waals surface area contributed by atoms with E-state index in [4.69, 9.17) is 16.4 Å². The van der Waals surface area contributed by atoms with Crippen molar-refractivity contribution in [3.05, 3.63) is 29.8 Å². The van der Waals surface area contributed by atoms with Crippen molar-refractivity contribution in [1.29, 1.82) is 0 Å². The molecule has 154 valence electrons. The first-order valence-electron chi connectivity index (χ1n) is 8.96. The number of hydrogen-bond acceptors (Lipinski definition) is 9. The second-order valence-corrected chi connectivity index (χ2v) is 8.89. The van der Waals surface area contributed by atoms with E-state index in [1.165, 1.54) is 29.3 Å². The molecule has 0 spiro atoms. The minimum Gasteiger partial charge on any atom is -0.302 e. The minimum absolute atomic E-state index is 0.106. The smallest absolute Gasteiger partial charge is 0.297 e. The highest BCUT2D eigenvalue weighted by Gasteiger charge is 2.21. The van der Waals surface area contributed by atoms with Gasteiger partial charge in [0.05, 0.1) is 11.4 Å². The van der Waals surface area contributed by atoms with E-state index in [0.717, 1.165) is 25.2 Å². The van der Waals surface area contributed by atoms with Gasteiger partial charge in [-0.1, -0.05) is 55.5 Å². The summed E-state index contributed by atoms with van der Waals surface area (Å²) in [5, 5.41) is 13.6. The average molecular weight is 444 g/mol. The molecule has 1 aromatic carbocycles. The zero-order valence-electron chi connectivity index (χ0n) is 16.2. The van der Waals surface area contributed by atoms with E-state index in [2.05, 4.69) is 34.3 Å². The van der Waals surface area contributed by atoms with Gasteiger partial charge in [0.1, 0.15) is 6.10 Å². The van der Waals surface area contributed by atoms with Crippen LogP contribution in [0.1, 0.15) is 19.4 Å². The molecule has 11 heteroatoms. The van der Waals surface area contributed by atoms with Crippen LogP contribution in [0.25, 0.3) is 0 Å². The first-order valence-corrected chi connectivity index (χ1v) is 11.8. The van der Waals surface area contributed by atoms with Gasteiger partial charge in [0, 0.05) is 17.7 Å². The predicted octanol–water partition coefficient (Wildman–Crippen LogP) is 2.19. The molecule has 2 rings (SSSR count). The normalized spacial score (nSPS) is 13.0. The minimum atomic E-state index is -3.89. The Balaban J connectivity index is 1.96. The molecular formula is C17H25N5O3S3. The molecule has 1 heterocycles. The number of aryl methyl sites for hydroxylation is 1. The molecule has 0 bridgehead atoms. The Labute approximate surface area is 175 Å². The third-order valence-corrected chi connectivity index (χ3v) is 6.81. The van der Waals surface area contributed by atoms with Crippen LogP contribution in [-0.2, 0) is 20.8 Å². The van der Waals surface area contributed by atoms with E-state index in [1.54, 1.807) is 16.8 Å². The number of aromatic nitrogens is 4. The molecule has 0 aliphatic heterocycles. The van der Waals surface area contributed by atoms with Gasteiger partial charge in [-0.15, -0.1) is 5.10 Å². The van der Waals surface area contributed by atoms with Crippen molar-refractivity contribution in [1.82, 2.24) is 25.1 Å². The third kappa shape index (κ3) is 6.59. The summed E-state index contributed by atoms with van der Waals surface area (Å²) >= 11 is 6.28. The maximum atomic E-state index is 12.4. The maximum Gasteiger partial charge on any atom is 0.297 e. The van der Waals surface area contributed by atoms with Gasteiger partial charge < -0.3 is 4.90 Å². The Morgan fingerprint density at radius 3 is 2.57 bits per heavy atom. The predicted molar refractivity (Wildman–Crippen MR) is 113 cm³/mol. The molecule has 0 aliphatic rings. The zero-order chi connectivity index (χ0) is 20.6. The zero-order valence-corrected chi connectivity index (χ0v) is 18.6. The van der Waals surface area contributed by atoms with E-state index in [-0.39, 0.29) is 4.90 Å². The molecule has 0 aliphatic carbocycles. The topological polar surface area (TPSA) is 90.2 Å². The van der Waals surface area contributed by atoms with Crippen molar-refractivity contribution in [3.8, 4) is 0 Å². The van der Waals surface area contributed by atoms with Crippen LogP contribution in [0.15, 0.2) is 34.3 Å². The summed E-state index contributed by atoms with van der Waals surface area (Å²) in [6, 6.07) is 6.49. The second kappa shape index (κ2) is 11.0. The van der Waals surface area contributed by atoms with Crippen molar-refractivity contribution >= 4 is 39.5 Å². The van der Waals surface area contributed by atoms with Crippen molar-refractivity contribution in [2.24, 2.45) is 0 Å². The first-order chi connectivity index (χ1) is 13.4. The number of hydrogen-bond donors (Lipinski definition) is 0. The Bertz CT molecular complexity index is 851. The van der Waals surface area contributed by atoms with Crippen LogP contribution in [0.5, 0.6) is 0 Å². The quantitative estimate of drug-likeness (QED) is 0.278. The van der Waals surface area contributed by atoms with E-state index >= 15 is 0 Å². The molecule has 0 fully saturated rings. The number of benzene rings is 1. The maximum absolute atomic E-state index is 12.4. The van der Waals surface area contributed by atoms with Crippen molar-refractivity contribution in [3.63, 3.8) is 0 Å². The highest BCUT2D eigenvalue weighted by molar-refractivity contribution is 7.99. The summed E-state index contributed by atoms with van der Waals surface area (Å²) < 4.78 is 31.9. The SMILES string of the molecule is CCN(CC)CCn1nnnc1SCC(C=S)OS(=O)(=O)c1ccc(C)cc1. The van der Waals surface area contributed by atoms with Gasteiger partial charge in [-0.2, -0.15) is 8.42 Å². The third-order valence-electron chi connectivity index (χ3n) is 4.11. The second-order valence-electron chi connectivity index (χ2n) is 6.06. The average Bonchev–Trinajstić information content (AvgIpc) is 3.13. The summed E-state index contributed by atoms with van der Waals surface area (Å²) in [4.78, 5) is 2.38. The van der Waals surface area contributed by atoms with Gasteiger partial charge in [0.15, 0.2) is 0 Å². The van der Waals surface area contributed by atoms with Gasteiger partial charge in [-0.3, -0.25) is 4.18 Å². The molecular weight excluding hydrogens is 418 g/mol. The number of likely N-dealkylation sites (N-methyl/N-ethyl adjacent to an activating group) is 1. The lowest BCUT2D eigenvalue weighted by Crippen LogP contribution is -2.27. The molecule has 0 amide bonds. The molecule has 0 radical (unpaired) electrons. The van der Waals surface area contributed by atoms with E-state index in [0.29, 0.717) is 17.5 Å². The Morgan fingerprint density at radius 2 is 1.96 bits per heavy atom. The number of thiocarbonyl (C=S) groups is 1. The van der Waals surface area contributed by atoms with Crippen molar-refractivity contribution in [2.45, 2.75) is 43.5 Å². The number of rotatable bonds is 12. The fraction of sp³-hybridized carbons (Fsp3) is 0.529. The lowest BCUT2D eigenvalue weighted by molar-refractivity contribution is 0.279. The van der Waals surface area contributed by atoms with Gasteiger partial charge in [-0.05, 0) is 42.6 Å². The standard InChI is InChI=1S/C17H25N5O3S3/c1-4-21(5-2)10-11-22-17(18-19-20-22)27-13-15(12-26)25-28(23,24)16-8-6-14(3)7-9-16/h6-9,12,15H,4-5,10-11,13H2,1-3H3. The molecule has 0 saturated carbocycles. The summed E-state index contributed by atoms with van der Waals surface area (Å²) in [6.45, 7) is 9.50. The lowest BCUT2D eigenvalue weighted by Gasteiger charge is -2.17. The van der Waals surface area contributed by atoms with Crippen molar-refractivity contribution in [2.75, 3.05) is 25.4 Å². The summed E-state index contributed by atoms with van der Waals surface area (Å²) in [7, 11) is -3.89. The van der Waals surface area contributed by atoms with Crippen LogP contribution in [0.2, 0.25) is 0 Å². The number of nitrogens with zero attached hydrogens (tertiary/aromatic N) is 5. The molecule has 1 atom stereocenters. The fourth-order valence-electron chi connectivity index (χ4n) is 2.39. The number of tetrazole rings is 1. The van der Waals surface area contributed by atoms with Gasteiger partial charge in [-0.25, -0.2) is 4.68 Å². The van der Waals surface area contributed by atoms with E-state index in [1.807, 2.05) is 6.92 Å². The van der Waals surface area contributed by atoms with E-state index in [9.17, 15) is 8.42 Å². The lowest BCUT2D eigenvalue weighted by atomic mass is 10.2. The molecule has 8 nitrogen and oxygen atoms in total. The molecule has 0 N–H and O–H groups in total. The summed E-state index contributed by atoms with van der Waals surface area (Å²) in [5.74, 6) is 0.292. The highest BCUT2D eigenvalue weighted by atomic mass is 32.2. The van der Waals surface area contributed by atoms with Crippen LogP contribution < -0.4 is 0 Å². The summed E-state index contributed by atoms with van der Waals surface area (Å²) in [5.41, 5.74) is 0.970. The van der Waals surface area contributed by atoms with Gasteiger partial charge in [0.2, 0.25) is 5.16 Å². The molecule has 28 heavy (non-hydrogen) atoms. The van der Waals surface area contributed by atoms with Crippen molar-refractivity contribution < 1.29 is 12.6 Å². The molecule has 1 aromatic heterocycles. The Morgan fingerprint density at radius 1 is 1.29 bits per heavy atom. The molecule has 1 unspecified atom stereocenters. The Kier molecular flexibility index (Phi) is 8.96. The monoisotopic (exact) mass is 443 g/mol. The highest BCUT2D eigenvalue weighted by Crippen LogP contribution is 2.20. The van der Waals surface area contributed by atoms with E-state index < -0.39 is 16.2 Å². The molecule has 2 aromatic rings. The van der Waals surface area contributed by atoms with Crippen LogP contribution in [0.4, 0.5) is 0 Å². The number of thioether (sulfide) groups is 1. The molecule has 0 saturated heterocycles. The Hall–Kier alpha value is -1.40. The van der Waals surface area contributed by atoms with Crippen LogP contribution in [-0.4, -0.2) is 70.4 Å². The first kappa shape index (κ1) is 22.9. The van der Waals surface area contributed by atoms with Crippen LogP contribution in [0, 0.1) is 6.92 Å². The van der Waals surface area contributed by atoms with Crippen LogP contribution >= 0.6 is 24.0 Å². The van der Waals surface area contributed by atoms with Gasteiger partial charge in [0.25, 0.3) is 10.1 Å². The van der Waals surface area contributed by atoms with Gasteiger partial charge >= 0.3 is 0 Å². The fourth-order valence-corrected chi connectivity index (χ4v) is 4.69. The largest absolute Gasteiger partial charge is 0.302 e. The van der Waals surface area contributed by atoms with Crippen LogP contribution in [0.3, 0.4) is 0 Å². The summed E-state index contributed by atoms with van der Waals surface area (Å²) in [6.07, 6.45) is -0.765.